The Morgan fingerprint density at radius 1 is 0.885 bits per heavy atom. The zero-order valence-corrected chi connectivity index (χ0v) is 16.0. The van der Waals surface area contributed by atoms with Crippen LogP contribution in [0.15, 0.2) is 42.6 Å². The Kier molecular flexibility index (Phi) is 4.88. The molecule has 2 aliphatic rings. The van der Waals surface area contributed by atoms with Crippen molar-refractivity contribution >= 4 is 27.6 Å². The number of rotatable bonds is 3. The van der Waals surface area contributed by atoms with Gasteiger partial charge in [0.05, 0.1) is 5.02 Å². The zero-order chi connectivity index (χ0) is 18.1. The van der Waals surface area contributed by atoms with E-state index in [-0.39, 0.29) is 0 Å². The smallest absolute Gasteiger partial charge is 0.282 e. The van der Waals surface area contributed by atoms with E-state index in [0.717, 1.165) is 17.8 Å². The van der Waals surface area contributed by atoms with E-state index in [9.17, 15) is 8.42 Å². The molecule has 8 heteroatoms. The Bertz CT molecular complexity index is 898. The monoisotopic (exact) mass is 392 g/mol. The van der Waals surface area contributed by atoms with Crippen LogP contribution in [-0.4, -0.2) is 54.7 Å². The Labute approximate surface area is 159 Å². The molecule has 0 amide bonds. The van der Waals surface area contributed by atoms with Crippen LogP contribution in [0.4, 0.5) is 5.82 Å². The largest absolute Gasteiger partial charge is 0.353 e. The van der Waals surface area contributed by atoms with Gasteiger partial charge in [0.2, 0.25) is 0 Å². The Balaban J connectivity index is 1.45. The molecule has 1 saturated heterocycles. The normalized spacial score (nSPS) is 19.3. The molecular formula is C18H21ClN4O2S. The van der Waals surface area contributed by atoms with Crippen LogP contribution < -0.4 is 4.90 Å². The molecule has 0 bridgehead atoms. The number of benzene rings is 1. The van der Waals surface area contributed by atoms with Crippen LogP contribution in [0.1, 0.15) is 11.1 Å². The van der Waals surface area contributed by atoms with E-state index in [0.29, 0.717) is 44.3 Å². The summed E-state index contributed by atoms with van der Waals surface area (Å²) in [7, 11) is -3.46. The number of hydrogen-bond acceptors (Lipinski definition) is 4. The fourth-order valence-corrected chi connectivity index (χ4v) is 5.39. The number of aromatic nitrogens is 1. The van der Waals surface area contributed by atoms with Gasteiger partial charge in [0.25, 0.3) is 10.2 Å². The first-order chi connectivity index (χ1) is 12.6. The molecular weight excluding hydrogens is 372 g/mol. The van der Waals surface area contributed by atoms with Crippen molar-refractivity contribution in [1.29, 1.82) is 0 Å². The standard InChI is InChI=1S/C18H21ClN4O2S/c19-17-6-3-8-20-18(17)21-10-12-22(13-11-21)26(24,25)23-9-7-15-4-1-2-5-16(15)14-23/h1-6,8H,7,9-14H2. The molecule has 3 heterocycles. The molecule has 0 radical (unpaired) electrons. The molecule has 0 unspecified atom stereocenters. The van der Waals surface area contributed by atoms with Gasteiger partial charge in [0.15, 0.2) is 0 Å². The summed E-state index contributed by atoms with van der Waals surface area (Å²) in [5.41, 5.74) is 2.34. The lowest BCUT2D eigenvalue weighted by Crippen LogP contribution is -2.54. The molecule has 0 spiro atoms. The Hall–Kier alpha value is -1.67. The van der Waals surface area contributed by atoms with Crippen LogP contribution in [-0.2, 0) is 23.2 Å². The summed E-state index contributed by atoms with van der Waals surface area (Å²) in [6.07, 6.45) is 2.47. The summed E-state index contributed by atoms with van der Waals surface area (Å²) < 4.78 is 29.3. The topological polar surface area (TPSA) is 56.8 Å². The van der Waals surface area contributed by atoms with Crippen molar-refractivity contribution in [2.75, 3.05) is 37.6 Å². The first kappa shape index (κ1) is 17.7. The second-order valence-electron chi connectivity index (χ2n) is 6.55. The van der Waals surface area contributed by atoms with Crippen molar-refractivity contribution in [3.63, 3.8) is 0 Å². The molecule has 138 valence electrons. The molecule has 4 rings (SSSR count). The van der Waals surface area contributed by atoms with Gasteiger partial charge in [-0.2, -0.15) is 17.0 Å². The van der Waals surface area contributed by atoms with Gasteiger partial charge >= 0.3 is 0 Å². The average molecular weight is 393 g/mol. The van der Waals surface area contributed by atoms with Crippen molar-refractivity contribution in [2.45, 2.75) is 13.0 Å². The average Bonchev–Trinajstić information content (AvgIpc) is 2.68. The molecule has 1 aromatic carbocycles. The Morgan fingerprint density at radius 2 is 1.62 bits per heavy atom. The van der Waals surface area contributed by atoms with Crippen molar-refractivity contribution in [2.24, 2.45) is 0 Å². The summed E-state index contributed by atoms with van der Waals surface area (Å²) in [6, 6.07) is 11.7. The summed E-state index contributed by atoms with van der Waals surface area (Å²) in [4.78, 5) is 6.36. The minimum absolute atomic E-state index is 0.438. The maximum absolute atomic E-state index is 13.1. The third kappa shape index (κ3) is 3.32. The summed E-state index contributed by atoms with van der Waals surface area (Å²) in [5.74, 6) is 0.720. The van der Waals surface area contributed by atoms with Crippen LogP contribution in [0.25, 0.3) is 0 Å². The second-order valence-corrected chi connectivity index (χ2v) is 8.89. The van der Waals surface area contributed by atoms with Gasteiger partial charge in [-0.1, -0.05) is 35.9 Å². The van der Waals surface area contributed by atoms with E-state index in [2.05, 4.69) is 11.1 Å². The number of hydrogen-bond donors (Lipinski definition) is 0. The maximum atomic E-state index is 13.1. The van der Waals surface area contributed by atoms with Crippen molar-refractivity contribution in [3.05, 3.63) is 58.7 Å². The number of anilines is 1. The summed E-state index contributed by atoms with van der Waals surface area (Å²) in [5, 5.41) is 0.594. The molecule has 0 aliphatic carbocycles. The molecule has 2 aromatic rings. The lowest BCUT2D eigenvalue weighted by molar-refractivity contribution is 0.313. The molecule has 0 N–H and O–H groups in total. The number of piperazine rings is 1. The fourth-order valence-electron chi connectivity index (χ4n) is 3.57. The SMILES string of the molecule is O=S(=O)(N1CCN(c2ncccc2Cl)CC1)N1CCc2ccccc2C1. The first-order valence-electron chi connectivity index (χ1n) is 8.73. The third-order valence-electron chi connectivity index (χ3n) is 5.03. The minimum Gasteiger partial charge on any atom is -0.353 e. The number of halogens is 1. The van der Waals surface area contributed by atoms with Gasteiger partial charge in [0, 0.05) is 45.5 Å². The van der Waals surface area contributed by atoms with Crippen molar-refractivity contribution in [1.82, 2.24) is 13.6 Å². The highest BCUT2D eigenvalue weighted by Gasteiger charge is 2.34. The summed E-state index contributed by atoms with van der Waals surface area (Å²) in [6.45, 7) is 3.03. The van der Waals surface area contributed by atoms with Crippen LogP contribution >= 0.6 is 11.6 Å². The zero-order valence-electron chi connectivity index (χ0n) is 14.4. The number of pyridine rings is 1. The first-order valence-corrected chi connectivity index (χ1v) is 10.5. The molecule has 1 aromatic heterocycles. The minimum atomic E-state index is -3.46. The quantitative estimate of drug-likeness (QED) is 0.803. The van der Waals surface area contributed by atoms with Crippen molar-refractivity contribution in [3.8, 4) is 0 Å². The van der Waals surface area contributed by atoms with Crippen molar-refractivity contribution < 1.29 is 8.42 Å². The van der Waals surface area contributed by atoms with E-state index in [1.807, 2.05) is 23.1 Å². The lowest BCUT2D eigenvalue weighted by Gasteiger charge is -2.38. The van der Waals surface area contributed by atoms with Gasteiger partial charge in [0.1, 0.15) is 5.82 Å². The van der Waals surface area contributed by atoms with Crippen LogP contribution in [0.5, 0.6) is 0 Å². The summed E-state index contributed by atoms with van der Waals surface area (Å²) >= 11 is 6.21. The van der Waals surface area contributed by atoms with E-state index in [1.165, 1.54) is 5.56 Å². The molecule has 0 saturated carbocycles. The van der Waals surface area contributed by atoms with Crippen LogP contribution in [0.2, 0.25) is 5.02 Å². The highest BCUT2D eigenvalue weighted by Crippen LogP contribution is 2.26. The molecule has 6 nitrogen and oxygen atoms in total. The van der Waals surface area contributed by atoms with Gasteiger partial charge < -0.3 is 4.90 Å². The maximum Gasteiger partial charge on any atom is 0.282 e. The number of fused-ring (bicyclic) bond motifs is 1. The van der Waals surface area contributed by atoms with Crippen LogP contribution in [0, 0.1) is 0 Å². The predicted octanol–water partition coefficient (Wildman–Crippen LogP) is 2.16. The van der Waals surface area contributed by atoms with Crippen LogP contribution in [0.3, 0.4) is 0 Å². The van der Waals surface area contributed by atoms with Gasteiger partial charge in [-0.3, -0.25) is 0 Å². The Morgan fingerprint density at radius 3 is 2.35 bits per heavy atom. The van der Waals surface area contributed by atoms with E-state index in [1.54, 1.807) is 26.9 Å². The van der Waals surface area contributed by atoms with Gasteiger partial charge in [-0.05, 0) is 29.7 Å². The molecule has 1 fully saturated rings. The number of nitrogens with zero attached hydrogens (tertiary/aromatic N) is 4. The van der Waals surface area contributed by atoms with E-state index < -0.39 is 10.2 Å². The van der Waals surface area contributed by atoms with Gasteiger partial charge in [-0.15, -0.1) is 0 Å². The second kappa shape index (κ2) is 7.15. The predicted molar refractivity (Wildman–Crippen MR) is 103 cm³/mol. The third-order valence-corrected chi connectivity index (χ3v) is 7.30. The highest BCUT2D eigenvalue weighted by atomic mass is 35.5. The van der Waals surface area contributed by atoms with E-state index in [4.69, 9.17) is 11.6 Å². The molecule has 26 heavy (non-hydrogen) atoms. The molecule has 2 aliphatic heterocycles. The highest BCUT2D eigenvalue weighted by molar-refractivity contribution is 7.86. The fraction of sp³-hybridized carbons (Fsp3) is 0.389. The lowest BCUT2D eigenvalue weighted by atomic mass is 10.0. The van der Waals surface area contributed by atoms with E-state index >= 15 is 0 Å². The van der Waals surface area contributed by atoms with Gasteiger partial charge in [-0.25, -0.2) is 4.98 Å². The molecule has 0 atom stereocenters.